The van der Waals surface area contributed by atoms with Crippen LogP contribution in [0.4, 0.5) is 5.82 Å². The minimum Gasteiger partial charge on any atom is -0.382 e. The summed E-state index contributed by atoms with van der Waals surface area (Å²) < 4.78 is 0. The molecule has 0 atom stereocenters. The first-order chi connectivity index (χ1) is 5.75. The summed E-state index contributed by atoms with van der Waals surface area (Å²) in [6.45, 7) is 0. The van der Waals surface area contributed by atoms with Crippen LogP contribution in [0, 0.1) is 0 Å². The molecule has 12 heavy (non-hydrogen) atoms. The number of anilines is 1. The Balaban J connectivity index is 2.80. The van der Waals surface area contributed by atoms with Crippen molar-refractivity contribution in [3.63, 3.8) is 0 Å². The van der Waals surface area contributed by atoms with Gasteiger partial charge < -0.3 is 5.73 Å². The molecule has 60 valence electrons. The molecule has 3 nitrogen and oxygen atoms in total. The Morgan fingerprint density at radius 3 is 2.83 bits per heavy atom. The lowest BCUT2D eigenvalue weighted by Crippen LogP contribution is -1.92. The molecule has 0 aliphatic carbocycles. The van der Waals surface area contributed by atoms with Gasteiger partial charge in [-0.1, -0.05) is 11.6 Å². The van der Waals surface area contributed by atoms with Gasteiger partial charge in [0.1, 0.15) is 5.82 Å². The number of nitrogens with two attached hydrogens (primary N) is 1. The van der Waals surface area contributed by atoms with Gasteiger partial charge in [0.15, 0.2) is 0 Å². The zero-order valence-corrected chi connectivity index (χ0v) is 6.92. The van der Waals surface area contributed by atoms with Gasteiger partial charge >= 0.3 is 0 Å². The van der Waals surface area contributed by atoms with Crippen LogP contribution in [0.5, 0.6) is 0 Å². The first-order valence-corrected chi connectivity index (χ1v) is 3.82. The Morgan fingerprint density at radius 1 is 1.17 bits per heavy atom. The number of aromatic nitrogens is 2. The smallest absolute Gasteiger partial charge is 0.146 e. The summed E-state index contributed by atoms with van der Waals surface area (Å²) in [5.74, 6) is 0.407. The van der Waals surface area contributed by atoms with Crippen LogP contribution in [0.15, 0.2) is 24.3 Å². The van der Waals surface area contributed by atoms with Crippen LogP contribution in [-0.4, -0.2) is 10.2 Å². The molecule has 0 aliphatic heterocycles. The third-order valence-electron chi connectivity index (χ3n) is 1.57. The summed E-state index contributed by atoms with van der Waals surface area (Å²) >= 11 is 5.78. The quantitative estimate of drug-likeness (QED) is 0.672. The van der Waals surface area contributed by atoms with Crippen molar-refractivity contribution in [1.82, 2.24) is 10.2 Å². The molecule has 0 saturated heterocycles. The number of halogens is 1. The van der Waals surface area contributed by atoms with E-state index in [4.69, 9.17) is 17.3 Å². The van der Waals surface area contributed by atoms with Crippen molar-refractivity contribution in [3.05, 3.63) is 29.3 Å². The van der Waals surface area contributed by atoms with Crippen molar-refractivity contribution in [1.29, 1.82) is 0 Å². The Morgan fingerprint density at radius 2 is 2.00 bits per heavy atom. The fraction of sp³-hybridized carbons (Fsp3) is 0. The van der Waals surface area contributed by atoms with E-state index in [-0.39, 0.29) is 0 Å². The molecule has 4 heteroatoms. The molecule has 2 aromatic rings. The Labute approximate surface area is 74.2 Å². The number of fused-ring (bicyclic) bond motifs is 1. The standard InChI is InChI=1S/C8H6ClN3/c9-6-1-2-7-5(3-6)4-8(10)12-11-7/h1-4H,(H2,10,12). The molecule has 0 aliphatic rings. The van der Waals surface area contributed by atoms with E-state index in [0.717, 1.165) is 10.9 Å². The fourth-order valence-electron chi connectivity index (χ4n) is 1.03. The second-order valence-electron chi connectivity index (χ2n) is 2.47. The van der Waals surface area contributed by atoms with E-state index in [1.54, 1.807) is 12.1 Å². The van der Waals surface area contributed by atoms with Crippen molar-refractivity contribution in [2.24, 2.45) is 0 Å². The van der Waals surface area contributed by atoms with Gasteiger partial charge in [0, 0.05) is 10.4 Å². The lowest BCUT2D eigenvalue weighted by atomic mass is 10.2. The molecule has 0 fully saturated rings. The molecule has 0 amide bonds. The van der Waals surface area contributed by atoms with Gasteiger partial charge in [0.2, 0.25) is 0 Å². The van der Waals surface area contributed by atoms with Crippen LogP contribution >= 0.6 is 11.6 Å². The molecule has 0 bridgehead atoms. The SMILES string of the molecule is Nc1cc2cc(Cl)ccc2nn1. The monoisotopic (exact) mass is 179 g/mol. The lowest BCUT2D eigenvalue weighted by Gasteiger charge is -1.96. The number of nitrogens with zero attached hydrogens (tertiary/aromatic N) is 2. The number of rotatable bonds is 0. The lowest BCUT2D eigenvalue weighted by molar-refractivity contribution is 1.09. The third kappa shape index (κ3) is 1.19. The predicted molar refractivity (Wildman–Crippen MR) is 49.0 cm³/mol. The van der Waals surface area contributed by atoms with Gasteiger partial charge in [-0.05, 0) is 24.3 Å². The highest BCUT2D eigenvalue weighted by atomic mass is 35.5. The number of nitrogen functional groups attached to an aromatic ring is 1. The maximum Gasteiger partial charge on any atom is 0.146 e. The van der Waals surface area contributed by atoms with E-state index in [1.807, 2.05) is 12.1 Å². The van der Waals surface area contributed by atoms with E-state index in [2.05, 4.69) is 10.2 Å². The van der Waals surface area contributed by atoms with Crippen molar-refractivity contribution in [2.45, 2.75) is 0 Å². The van der Waals surface area contributed by atoms with Crippen LogP contribution in [0.3, 0.4) is 0 Å². The number of hydrogen-bond acceptors (Lipinski definition) is 3. The molecule has 0 spiro atoms. The molecule has 0 radical (unpaired) electrons. The summed E-state index contributed by atoms with van der Waals surface area (Å²) in [4.78, 5) is 0. The zero-order chi connectivity index (χ0) is 8.55. The van der Waals surface area contributed by atoms with Crippen molar-refractivity contribution >= 4 is 28.3 Å². The van der Waals surface area contributed by atoms with Crippen LogP contribution < -0.4 is 5.73 Å². The first kappa shape index (κ1) is 7.31. The highest BCUT2D eigenvalue weighted by molar-refractivity contribution is 6.31. The summed E-state index contributed by atoms with van der Waals surface area (Å²) in [7, 11) is 0. The molecule has 1 heterocycles. The van der Waals surface area contributed by atoms with Crippen LogP contribution in [0.1, 0.15) is 0 Å². The molecule has 1 aromatic heterocycles. The van der Waals surface area contributed by atoms with E-state index >= 15 is 0 Å². The van der Waals surface area contributed by atoms with Gasteiger partial charge in [-0.2, -0.15) is 0 Å². The van der Waals surface area contributed by atoms with Crippen molar-refractivity contribution in [2.75, 3.05) is 5.73 Å². The van der Waals surface area contributed by atoms with Gasteiger partial charge in [0.05, 0.1) is 5.52 Å². The van der Waals surface area contributed by atoms with E-state index < -0.39 is 0 Å². The molecule has 1 aromatic carbocycles. The Bertz CT molecular complexity index is 391. The maximum atomic E-state index is 5.78. The molecule has 2 N–H and O–H groups in total. The minimum absolute atomic E-state index is 0.407. The summed E-state index contributed by atoms with van der Waals surface area (Å²) in [6.07, 6.45) is 0. The normalized spacial score (nSPS) is 10.4. The second kappa shape index (κ2) is 2.60. The van der Waals surface area contributed by atoms with Crippen molar-refractivity contribution in [3.8, 4) is 0 Å². The molecular weight excluding hydrogens is 174 g/mol. The average Bonchev–Trinajstić information content (AvgIpc) is 2.03. The van der Waals surface area contributed by atoms with E-state index in [0.29, 0.717) is 10.8 Å². The van der Waals surface area contributed by atoms with Crippen molar-refractivity contribution < 1.29 is 0 Å². The molecular formula is C8H6ClN3. The second-order valence-corrected chi connectivity index (χ2v) is 2.91. The van der Waals surface area contributed by atoms with E-state index in [1.165, 1.54) is 0 Å². The summed E-state index contributed by atoms with van der Waals surface area (Å²) in [5.41, 5.74) is 6.26. The highest BCUT2D eigenvalue weighted by Crippen LogP contribution is 2.17. The minimum atomic E-state index is 0.407. The third-order valence-corrected chi connectivity index (χ3v) is 1.80. The first-order valence-electron chi connectivity index (χ1n) is 3.44. The summed E-state index contributed by atoms with van der Waals surface area (Å²) in [5, 5.41) is 9.20. The number of benzene rings is 1. The Hall–Kier alpha value is -1.35. The zero-order valence-electron chi connectivity index (χ0n) is 6.16. The fourth-order valence-corrected chi connectivity index (χ4v) is 1.21. The molecule has 2 rings (SSSR count). The van der Waals surface area contributed by atoms with Crippen LogP contribution in [-0.2, 0) is 0 Å². The van der Waals surface area contributed by atoms with Gasteiger partial charge in [-0.15, -0.1) is 10.2 Å². The molecule has 0 saturated carbocycles. The largest absolute Gasteiger partial charge is 0.382 e. The maximum absolute atomic E-state index is 5.78. The van der Waals surface area contributed by atoms with Crippen LogP contribution in [0.25, 0.3) is 10.9 Å². The summed E-state index contributed by atoms with van der Waals surface area (Å²) in [6, 6.07) is 7.13. The topological polar surface area (TPSA) is 51.8 Å². The van der Waals surface area contributed by atoms with Gasteiger partial charge in [0.25, 0.3) is 0 Å². The Kier molecular flexibility index (Phi) is 1.59. The predicted octanol–water partition coefficient (Wildman–Crippen LogP) is 1.87. The highest BCUT2D eigenvalue weighted by Gasteiger charge is 1.96. The van der Waals surface area contributed by atoms with Gasteiger partial charge in [-0.3, -0.25) is 0 Å². The average molecular weight is 180 g/mol. The van der Waals surface area contributed by atoms with Crippen LogP contribution in [0.2, 0.25) is 5.02 Å². The van der Waals surface area contributed by atoms with Gasteiger partial charge in [-0.25, -0.2) is 0 Å². The van der Waals surface area contributed by atoms with E-state index in [9.17, 15) is 0 Å². The molecule has 0 unspecified atom stereocenters. The number of hydrogen-bond donors (Lipinski definition) is 1.